The van der Waals surface area contributed by atoms with Crippen LogP contribution in [-0.4, -0.2) is 62.0 Å². The molecule has 0 unspecified atom stereocenters. The molecule has 0 aromatic heterocycles. The first-order valence-electron chi connectivity index (χ1n) is 6.81. The van der Waals surface area contributed by atoms with Gasteiger partial charge in [0, 0.05) is 26.2 Å². The van der Waals surface area contributed by atoms with Crippen molar-refractivity contribution in [2.45, 2.75) is 44.1 Å². The van der Waals surface area contributed by atoms with E-state index in [0.717, 1.165) is 0 Å². The summed E-state index contributed by atoms with van der Waals surface area (Å²) in [6, 6.07) is 0. The van der Waals surface area contributed by atoms with Gasteiger partial charge >= 0.3 is 5.97 Å². The standard InChI is InChI=1S/C14H21NO7/c1-13(19-4)14(2,20-5)22-11-9(15-17)6-8(12(16)18-3)7-10(11)21-13/h6,10-11,17H,7H2,1-5H3/b15-9-/t10-,11-,13+,14+/m1/s1. The monoisotopic (exact) mass is 315 g/mol. The van der Waals surface area contributed by atoms with Gasteiger partial charge in [-0.1, -0.05) is 5.16 Å². The first kappa shape index (κ1) is 16.9. The Hall–Kier alpha value is -1.48. The Kier molecular flexibility index (Phi) is 4.57. The molecule has 1 aliphatic carbocycles. The van der Waals surface area contributed by atoms with Crippen molar-refractivity contribution in [3.05, 3.63) is 11.6 Å². The summed E-state index contributed by atoms with van der Waals surface area (Å²) in [6.07, 6.45) is 0.418. The second-order valence-electron chi connectivity index (χ2n) is 5.38. The summed E-state index contributed by atoms with van der Waals surface area (Å²) in [5, 5.41) is 12.4. The molecule has 0 aromatic carbocycles. The third-order valence-electron chi connectivity index (χ3n) is 4.27. The van der Waals surface area contributed by atoms with E-state index in [9.17, 15) is 10.0 Å². The van der Waals surface area contributed by atoms with E-state index in [1.165, 1.54) is 27.4 Å². The molecule has 4 atom stereocenters. The van der Waals surface area contributed by atoms with Crippen LogP contribution >= 0.6 is 0 Å². The zero-order valence-corrected chi connectivity index (χ0v) is 13.3. The lowest BCUT2D eigenvalue weighted by molar-refractivity contribution is -0.439. The maximum Gasteiger partial charge on any atom is 0.333 e. The number of hydrogen-bond donors (Lipinski definition) is 1. The highest BCUT2D eigenvalue weighted by molar-refractivity contribution is 6.06. The molecule has 8 heteroatoms. The third kappa shape index (κ3) is 2.52. The number of carbonyl (C=O) groups excluding carboxylic acids is 1. The Morgan fingerprint density at radius 1 is 1.27 bits per heavy atom. The molecule has 0 amide bonds. The molecule has 22 heavy (non-hydrogen) atoms. The Bertz CT molecular complexity index is 517. The molecule has 2 rings (SSSR count). The topological polar surface area (TPSA) is 95.8 Å². The van der Waals surface area contributed by atoms with Gasteiger partial charge in [0.25, 0.3) is 0 Å². The van der Waals surface area contributed by atoms with Crippen molar-refractivity contribution >= 4 is 11.7 Å². The molecule has 2 aliphatic rings. The van der Waals surface area contributed by atoms with Gasteiger partial charge in [0.1, 0.15) is 11.8 Å². The largest absolute Gasteiger partial charge is 0.466 e. The number of nitrogens with zero attached hydrogens (tertiary/aromatic N) is 1. The smallest absolute Gasteiger partial charge is 0.333 e. The summed E-state index contributed by atoms with van der Waals surface area (Å²) >= 11 is 0. The SMILES string of the molecule is COC(=O)C1=C/C(=N/O)[C@H]2O[C@](C)(OC)[C@@](C)(OC)O[C@@H]2C1. The van der Waals surface area contributed by atoms with Crippen LogP contribution in [0.3, 0.4) is 0 Å². The number of fused-ring (bicyclic) bond motifs is 1. The van der Waals surface area contributed by atoms with E-state index in [0.29, 0.717) is 5.57 Å². The van der Waals surface area contributed by atoms with E-state index in [-0.39, 0.29) is 12.1 Å². The van der Waals surface area contributed by atoms with Crippen molar-refractivity contribution in [1.29, 1.82) is 0 Å². The summed E-state index contributed by atoms with van der Waals surface area (Å²) in [4.78, 5) is 11.7. The van der Waals surface area contributed by atoms with Crippen LogP contribution in [0.4, 0.5) is 0 Å². The lowest BCUT2D eigenvalue weighted by Gasteiger charge is -2.52. The van der Waals surface area contributed by atoms with E-state index in [2.05, 4.69) is 5.16 Å². The number of carbonyl (C=O) groups is 1. The Labute approximate surface area is 128 Å². The Morgan fingerprint density at radius 2 is 1.86 bits per heavy atom. The minimum Gasteiger partial charge on any atom is -0.466 e. The molecule has 0 spiro atoms. The number of rotatable bonds is 3. The van der Waals surface area contributed by atoms with Gasteiger partial charge in [-0.05, 0) is 19.9 Å². The van der Waals surface area contributed by atoms with Crippen LogP contribution in [0.15, 0.2) is 16.8 Å². The number of oxime groups is 1. The second kappa shape index (κ2) is 5.96. The molecule has 0 radical (unpaired) electrons. The highest BCUT2D eigenvalue weighted by Crippen LogP contribution is 2.42. The molecule has 0 aromatic rings. The quantitative estimate of drug-likeness (QED) is 0.468. The highest BCUT2D eigenvalue weighted by atomic mass is 16.8. The molecule has 1 N–H and O–H groups in total. The normalized spacial score (nSPS) is 40.0. The van der Waals surface area contributed by atoms with E-state index < -0.39 is 29.8 Å². The van der Waals surface area contributed by atoms with Crippen LogP contribution in [0.25, 0.3) is 0 Å². The second-order valence-corrected chi connectivity index (χ2v) is 5.38. The van der Waals surface area contributed by atoms with Crippen molar-refractivity contribution < 1.29 is 33.7 Å². The number of hydrogen-bond acceptors (Lipinski definition) is 8. The van der Waals surface area contributed by atoms with Crippen LogP contribution in [0.2, 0.25) is 0 Å². The van der Waals surface area contributed by atoms with Gasteiger partial charge in [-0.3, -0.25) is 0 Å². The molecule has 0 bridgehead atoms. The summed E-state index contributed by atoms with van der Waals surface area (Å²) in [6.45, 7) is 3.35. The Morgan fingerprint density at radius 3 is 2.36 bits per heavy atom. The zero-order valence-electron chi connectivity index (χ0n) is 13.3. The van der Waals surface area contributed by atoms with Crippen molar-refractivity contribution in [1.82, 2.24) is 0 Å². The fourth-order valence-corrected chi connectivity index (χ4v) is 2.64. The fraction of sp³-hybridized carbons (Fsp3) is 0.714. The van der Waals surface area contributed by atoms with Gasteiger partial charge < -0.3 is 28.9 Å². The third-order valence-corrected chi connectivity index (χ3v) is 4.27. The van der Waals surface area contributed by atoms with Crippen molar-refractivity contribution in [2.75, 3.05) is 21.3 Å². The summed E-state index contributed by atoms with van der Waals surface area (Å²) < 4.78 is 27.4. The van der Waals surface area contributed by atoms with Crippen molar-refractivity contribution in [3.8, 4) is 0 Å². The number of ether oxygens (including phenoxy) is 5. The minimum atomic E-state index is -1.21. The Balaban J connectivity index is 2.39. The first-order chi connectivity index (χ1) is 10.3. The molecule has 1 aliphatic heterocycles. The molecule has 8 nitrogen and oxygen atoms in total. The number of methoxy groups -OCH3 is 3. The predicted molar refractivity (Wildman–Crippen MR) is 74.5 cm³/mol. The lowest BCUT2D eigenvalue weighted by atomic mass is 9.89. The van der Waals surface area contributed by atoms with Gasteiger partial charge in [0.05, 0.1) is 13.2 Å². The van der Waals surface area contributed by atoms with E-state index >= 15 is 0 Å². The summed E-state index contributed by atoms with van der Waals surface area (Å²) in [5.74, 6) is -2.92. The fourth-order valence-electron chi connectivity index (χ4n) is 2.64. The van der Waals surface area contributed by atoms with Gasteiger partial charge in [-0.2, -0.15) is 0 Å². The average Bonchev–Trinajstić information content (AvgIpc) is 2.54. The van der Waals surface area contributed by atoms with Crippen LogP contribution in [0, 0.1) is 0 Å². The maximum absolute atomic E-state index is 11.7. The molecule has 0 saturated carbocycles. The van der Waals surface area contributed by atoms with E-state index in [4.69, 9.17) is 23.7 Å². The zero-order chi connectivity index (χ0) is 16.5. The lowest BCUT2D eigenvalue weighted by Crippen LogP contribution is -2.67. The van der Waals surface area contributed by atoms with Gasteiger partial charge in [0.15, 0.2) is 0 Å². The predicted octanol–water partition coefficient (Wildman–Crippen LogP) is 0.829. The van der Waals surface area contributed by atoms with Crippen LogP contribution in [0.5, 0.6) is 0 Å². The molecular formula is C14H21NO7. The van der Waals surface area contributed by atoms with Crippen LogP contribution in [-0.2, 0) is 28.5 Å². The van der Waals surface area contributed by atoms with Crippen molar-refractivity contribution in [2.24, 2.45) is 5.16 Å². The van der Waals surface area contributed by atoms with Gasteiger partial charge in [-0.15, -0.1) is 0 Å². The van der Waals surface area contributed by atoms with Crippen LogP contribution < -0.4 is 0 Å². The van der Waals surface area contributed by atoms with E-state index in [1.807, 2.05) is 0 Å². The average molecular weight is 315 g/mol. The van der Waals surface area contributed by atoms with Gasteiger partial charge in [0.2, 0.25) is 11.6 Å². The summed E-state index contributed by atoms with van der Waals surface area (Å²) in [5.41, 5.74) is 0.498. The first-order valence-corrected chi connectivity index (χ1v) is 6.81. The maximum atomic E-state index is 11.7. The molecule has 1 fully saturated rings. The van der Waals surface area contributed by atoms with E-state index in [1.54, 1.807) is 13.8 Å². The highest BCUT2D eigenvalue weighted by Gasteiger charge is 2.58. The summed E-state index contributed by atoms with van der Waals surface area (Å²) in [7, 11) is 4.22. The molecule has 124 valence electrons. The van der Waals surface area contributed by atoms with Crippen LogP contribution in [0.1, 0.15) is 20.3 Å². The number of esters is 1. The molecule has 1 saturated heterocycles. The van der Waals surface area contributed by atoms with Gasteiger partial charge in [-0.25, -0.2) is 4.79 Å². The van der Waals surface area contributed by atoms with Crippen molar-refractivity contribution in [3.63, 3.8) is 0 Å². The molecule has 1 heterocycles. The molecular weight excluding hydrogens is 294 g/mol. The minimum absolute atomic E-state index is 0.165.